The Morgan fingerprint density at radius 3 is 3.00 bits per heavy atom. The third-order valence-electron chi connectivity index (χ3n) is 2.37. The molecule has 17 heavy (non-hydrogen) atoms. The fraction of sp³-hybridized carbons (Fsp3) is 0.462. The largest absolute Gasteiger partial charge is 0.377 e. The van der Waals surface area contributed by atoms with Gasteiger partial charge in [0.1, 0.15) is 0 Å². The fourth-order valence-electron chi connectivity index (χ4n) is 1.56. The minimum atomic E-state index is 0.287. The topological polar surface area (TPSA) is 34.2 Å². The zero-order valence-electron chi connectivity index (χ0n) is 10.5. The van der Waals surface area contributed by atoms with E-state index in [1.807, 2.05) is 13.8 Å². The van der Waals surface area contributed by atoms with Gasteiger partial charge in [0, 0.05) is 6.54 Å². The summed E-state index contributed by atoms with van der Waals surface area (Å²) in [6.45, 7) is 7.70. The van der Waals surface area contributed by atoms with E-state index in [4.69, 9.17) is 4.74 Å². The highest BCUT2D eigenvalue weighted by Crippen LogP contribution is 2.26. The first-order valence-electron chi connectivity index (χ1n) is 5.88. The maximum atomic E-state index is 5.47. The van der Waals surface area contributed by atoms with E-state index in [9.17, 15) is 0 Å². The molecule has 0 saturated heterocycles. The van der Waals surface area contributed by atoms with Crippen LogP contribution < -0.4 is 5.32 Å². The molecule has 1 aromatic carbocycles. The first-order valence-corrected chi connectivity index (χ1v) is 6.69. The standard InChI is InChI=1S/C13H18N2OS/c1-9(2)16-7-6-14-13-15-11-5-4-10(3)8-12(11)17-13/h4-5,8-9H,6-7H2,1-3H3,(H,14,15). The first kappa shape index (κ1) is 12.3. The second-order valence-electron chi connectivity index (χ2n) is 4.34. The monoisotopic (exact) mass is 250 g/mol. The van der Waals surface area contributed by atoms with E-state index in [1.165, 1.54) is 10.3 Å². The van der Waals surface area contributed by atoms with Crippen LogP contribution in [0.1, 0.15) is 19.4 Å². The lowest BCUT2D eigenvalue weighted by Gasteiger charge is -2.07. The van der Waals surface area contributed by atoms with Crippen molar-refractivity contribution in [2.45, 2.75) is 26.9 Å². The van der Waals surface area contributed by atoms with E-state index in [1.54, 1.807) is 11.3 Å². The Hall–Kier alpha value is -1.13. The summed E-state index contributed by atoms with van der Waals surface area (Å²) in [6.07, 6.45) is 0.287. The number of nitrogens with one attached hydrogen (secondary N) is 1. The number of rotatable bonds is 5. The van der Waals surface area contributed by atoms with Crippen molar-refractivity contribution in [1.82, 2.24) is 4.98 Å². The molecule has 0 radical (unpaired) electrons. The summed E-state index contributed by atoms with van der Waals surface area (Å²) in [5, 5.41) is 4.26. The number of benzene rings is 1. The molecule has 0 aliphatic heterocycles. The lowest BCUT2D eigenvalue weighted by molar-refractivity contribution is 0.0870. The average Bonchev–Trinajstić information content (AvgIpc) is 2.66. The Labute approximate surface area is 106 Å². The van der Waals surface area contributed by atoms with Crippen LogP contribution in [0, 0.1) is 6.92 Å². The molecule has 1 N–H and O–H groups in total. The molecule has 1 heterocycles. The van der Waals surface area contributed by atoms with E-state index in [0.717, 1.165) is 17.2 Å². The summed E-state index contributed by atoms with van der Waals surface area (Å²) in [4.78, 5) is 4.52. The van der Waals surface area contributed by atoms with Crippen LogP contribution in [0.2, 0.25) is 0 Å². The van der Waals surface area contributed by atoms with Gasteiger partial charge >= 0.3 is 0 Å². The molecule has 0 aliphatic carbocycles. The van der Waals surface area contributed by atoms with Crippen LogP contribution in [0.15, 0.2) is 18.2 Å². The van der Waals surface area contributed by atoms with E-state index in [0.29, 0.717) is 6.61 Å². The summed E-state index contributed by atoms with van der Waals surface area (Å²) in [5.74, 6) is 0. The van der Waals surface area contributed by atoms with Gasteiger partial charge < -0.3 is 10.1 Å². The summed E-state index contributed by atoms with van der Waals surface area (Å²) in [7, 11) is 0. The highest BCUT2D eigenvalue weighted by atomic mass is 32.1. The van der Waals surface area contributed by atoms with Gasteiger partial charge in [0.15, 0.2) is 5.13 Å². The van der Waals surface area contributed by atoms with Crippen molar-refractivity contribution < 1.29 is 4.74 Å². The van der Waals surface area contributed by atoms with Gasteiger partial charge in [0.2, 0.25) is 0 Å². The SMILES string of the molecule is Cc1ccc2nc(NCCOC(C)C)sc2c1. The highest BCUT2D eigenvalue weighted by Gasteiger charge is 2.03. The number of hydrogen-bond acceptors (Lipinski definition) is 4. The van der Waals surface area contributed by atoms with Gasteiger partial charge in [-0.2, -0.15) is 0 Å². The molecule has 2 rings (SSSR count). The fourth-order valence-corrected chi connectivity index (χ4v) is 2.55. The third-order valence-corrected chi connectivity index (χ3v) is 3.35. The normalized spacial score (nSPS) is 11.3. The van der Waals surface area contributed by atoms with Crippen molar-refractivity contribution in [3.63, 3.8) is 0 Å². The molecule has 0 fully saturated rings. The van der Waals surface area contributed by atoms with Gasteiger partial charge in [-0.05, 0) is 38.5 Å². The van der Waals surface area contributed by atoms with Crippen LogP contribution in [0.5, 0.6) is 0 Å². The lowest BCUT2D eigenvalue weighted by Crippen LogP contribution is -2.12. The first-order chi connectivity index (χ1) is 8.15. The van der Waals surface area contributed by atoms with E-state index in [2.05, 4.69) is 35.4 Å². The van der Waals surface area contributed by atoms with Gasteiger partial charge in [0.25, 0.3) is 0 Å². The molecule has 0 amide bonds. The molecule has 1 aromatic heterocycles. The number of ether oxygens (including phenoxy) is 1. The second kappa shape index (κ2) is 5.47. The van der Waals surface area contributed by atoms with Crippen LogP contribution in [0.25, 0.3) is 10.2 Å². The zero-order chi connectivity index (χ0) is 12.3. The predicted molar refractivity (Wildman–Crippen MR) is 73.9 cm³/mol. The number of anilines is 1. The average molecular weight is 250 g/mol. The predicted octanol–water partition coefficient (Wildman–Crippen LogP) is 3.44. The third kappa shape index (κ3) is 3.41. The maximum absolute atomic E-state index is 5.47. The number of hydrogen-bond donors (Lipinski definition) is 1. The molecular weight excluding hydrogens is 232 g/mol. The Bertz CT molecular complexity index is 493. The molecule has 0 aliphatic rings. The van der Waals surface area contributed by atoms with Gasteiger partial charge in [-0.3, -0.25) is 0 Å². The summed E-state index contributed by atoms with van der Waals surface area (Å²) < 4.78 is 6.70. The molecule has 0 spiro atoms. The van der Waals surface area contributed by atoms with E-state index >= 15 is 0 Å². The van der Waals surface area contributed by atoms with Gasteiger partial charge in [-0.15, -0.1) is 0 Å². The molecule has 92 valence electrons. The summed E-state index contributed by atoms with van der Waals surface area (Å²) >= 11 is 1.69. The zero-order valence-corrected chi connectivity index (χ0v) is 11.3. The smallest absolute Gasteiger partial charge is 0.183 e. The van der Waals surface area contributed by atoms with Crippen LogP contribution in [-0.2, 0) is 4.74 Å². The van der Waals surface area contributed by atoms with Crippen molar-refractivity contribution in [3.05, 3.63) is 23.8 Å². The van der Waals surface area contributed by atoms with E-state index < -0.39 is 0 Å². The van der Waals surface area contributed by atoms with Crippen LogP contribution in [0.3, 0.4) is 0 Å². The molecule has 0 atom stereocenters. The van der Waals surface area contributed by atoms with Gasteiger partial charge in [0.05, 0.1) is 22.9 Å². The van der Waals surface area contributed by atoms with Crippen molar-refractivity contribution in [2.75, 3.05) is 18.5 Å². The molecule has 0 unspecified atom stereocenters. The highest BCUT2D eigenvalue weighted by molar-refractivity contribution is 7.22. The lowest BCUT2D eigenvalue weighted by atomic mass is 10.2. The van der Waals surface area contributed by atoms with Crippen LogP contribution >= 0.6 is 11.3 Å². The van der Waals surface area contributed by atoms with Crippen molar-refractivity contribution >= 4 is 26.7 Å². The second-order valence-corrected chi connectivity index (χ2v) is 5.37. The number of fused-ring (bicyclic) bond motifs is 1. The molecule has 2 aromatic rings. The van der Waals surface area contributed by atoms with Crippen molar-refractivity contribution in [2.24, 2.45) is 0 Å². The number of aromatic nitrogens is 1. The Kier molecular flexibility index (Phi) is 3.97. The van der Waals surface area contributed by atoms with Crippen molar-refractivity contribution in [3.8, 4) is 0 Å². The minimum absolute atomic E-state index is 0.287. The Morgan fingerprint density at radius 2 is 2.24 bits per heavy atom. The Morgan fingerprint density at radius 1 is 1.41 bits per heavy atom. The number of aryl methyl sites for hydroxylation is 1. The molecule has 0 saturated carbocycles. The summed E-state index contributed by atoms with van der Waals surface area (Å²) in [5.41, 5.74) is 2.34. The van der Waals surface area contributed by atoms with Gasteiger partial charge in [-0.1, -0.05) is 17.4 Å². The summed E-state index contributed by atoms with van der Waals surface area (Å²) in [6, 6.07) is 6.33. The molecular formula is C13H18N2OS. The Balaban J connectivity index is 1.95. The number of nitrogens with zero attached hydrogens (tertiary/aromatic N) is 1. The minimum Gasteiger partial charge on any atom is -0.377 e. The van der Waals surface area contributed by atoms with Gasteiger partial charge in [-0.25, -0.2) is 4.98 Å². The molecule has 4 heteroatoms. The van der Waals surface area contributed by atoms with E-state index in [-0.39, 0.29) is 6.10 Å². The van der Waals surface area contributed by atoms with Crippen LogP contribution in [-0.4, -0.2) is 24.2 Å². The van der Waals surface area contributed by atoms with Crippen LogP contribution in [0.4, 0.5) is 5.13 Å². The molecule has 3 nitrogen and oxygen atoms in total. The van der Waals surface area contributed by atoms with Crippen molar-refractivity contribution in [1.29, 1.82) is 0 Å². The maximum Gasteiger partial charge on any atom is 0.183 e. The quantitative estimate of drug-likeness (QED) is 0.825. The molecule has 0 bridgehead atoms. The number of thiazole rings is 1.